The highest BCUT2D eigenvalue weighted by atomic mass is 16.1. The Morgan fingerprint density at radius 1 is 1.04 bits per heavy atom. The third-order valence-corrected chi connectivity index (χ3v) is 5.45. The molecule has 1 aliphatic carbocycles. The number of nitrogens with zero attached hydrogens (tertiary/aromatic N) is 3. The van der Waals surface area contributed by atoms with Gasteiger partial charge in [-0.25, -0.2) is 9.97 Å². The van der Waals surface area contributed by atoms with E-state index in [1.165, 1.54) is 12.0 Å². The molecule has 4 rings (SSSR count). The van der Waals surface area contributed by atoms with Gasteiger partial charge in [0.1, 0.15) is 0 Å². The van der Waals surface area contributed by atoms with E-state index in [2.05, 4.69) is 35.9 Å². The lowest BCUT2D eigenvalue weighted by Gasteiger charge is -2.35. The van der Waals surface area contributed by atoms with Gasteiger partial charge in [0.15, 0.2) is 5.78 Å². The number of carbonyl (C=O) groups excluding carboxylic acids is 1. The van der Waals surface area contributed by atoms with Gasteiger partial charge in [-0.3, -0.25) is 4.79 Å². The van der Waals surface area contributed by atoms with Crippen molar-refractivity contribution in [1.29, 1.82) is 0 Å². The first-order valence-corrected chi connectivity index (χ1v) is 9.29. The van der Waals surface area contributed by atoms with Gasteiger partial charge in [0.2, 0.25) is 5.95 Å². The van der Waals surface area contributed by atoms with Gasteiger partial charge in [-0.1, -0.05) is 44.2 Å². The largest absolute Gasteiger partial charge is 0.340 e. The fraction of sp³-hybridized carbons (Fsp3) is 0.476. The summed E-state index contributed by atoms with van der Waals surface area (Å²) in [5, 5.41) is 0. The zero-order chi connectivity index (χ0) is 17.4. The number of piperidine rings is 1. The lowest BCUT2D eigenvalue weighted by atomic mass is 9.82. The predicted molar refractivity (Wildman–Crippen MR) is 99.0 cm³/mol. The number of anilines is 1. The number of hydrogen-bond acceptors (Lipinski definition) is 4. The molecule has 0 N–H and O–H groups in total. The van der Waals surface area contributed by atoms with Crippen molar-refractivity contribution in [2.45, 2.75) is 39.0 Å². The molecule has 1 aromatic heterocycles. The molecule has 2 aliphatic rings. The van der Waals surface area contributed by atoms with E-state index in [1.54, 1.807) is 6.20 Å². The molecule has 130 valence electrons. The highest BCUT2D eigenvalue weighted by Gasteiger charge is 2.30. The van der Waals surface area contributed by atoms with Crippen LogP contribution in [0, 0.1) is 11.8 Å². The summed E-state index contributed by atoms with van der Waals surface area (Å²) in [6.45, 7) is 6.57. The van der Waals surface area contributed by atoms with E-state index >= 15 is 0 Å². The Labute approximate surface area is 149 Å². The normalized spacial score (nSPS) is 26.4. The van der Waals surface area contributed by atoms with Crippen LogP contribution in [-0.4, -0.2) is 28.8 Å². The van der Waals surface area contributed by atoms with Gasteiger partial charge in [-0.05, 0) is 36.2 Å². The smallest absolute Gasteiger partial charge is 0.225 e. The van der Waals surface area contributed by atoms with Crippen molar-refractivity contribution in [2.75, 3.05) is 18.0 Å². The first-order chi connectivity index (χ1) is 12.1. The van der Waals surface area contributed by atoms with E-state index < -0.39 is 0 Å². The Morgan fingerprint density at radius 3 is 2.48 bits per heavy atom. The van der Waals surface area contributed by atoms with E-state index in [4.69, 9.17) is 4.98 Å². The van der Waals surface area contributed by atoms with E-state index in [0.717, 1.165) is 31.2 Å². The fourth-order valence-corrected chi connectivity index (χ4v) is 4.37. The van der Waals surface area contributed by atoms with Crippen LogP contribution in [0.5, 0.6) is 0 Å². The maximum atomic E-state index is 12.6. The Bertz CT molecular complexity index is 764. The first kappa shape index (κ1) is 16.2. The summed E-state index contributed by atoms with van der Waals surface area (Å²) >= 11 is 0. The molecule has 1 saturated heterocycles. The number of benzene rings is 1. The molecule has 0 amide bonds. The van der Waals surface area contributed by atoms with E-state index in [0.29, 0.717) is 23.8 Å². The van der Waals surface area contributed by atoms with Crippen LogP contribution in [0.3, 0.4) is 0 Å². The molecule has 0 bridgehead atoms. The predicted octanol–water partition coefficient (Wildman–Crippen LogP) is 3.87. The van der Waals surface area contributed by atoms with Gasteiger partial charge in [-0.15, -0.1) is 0 Å². The maximum absolute atomic E-state index is 12.6. The fourth-order valence-electron chi connectivity index (χ4n) is 4.37. The molecular formula is C21H25N3O. The third kappa shape index (κ3) is 3.30. The molecule has 2 aromatic rings. The topological polar surface area (TPSA) is 46.1 Å². The molecule has 0 radical (unpaired) electrons. The highest BCUT2D eigenvalue weighted by Crippen LogP contribution is 2.33. The standard InChI is InChI=1S/C21H25N3O/c1-14-8-15(2)13-24(12-14)21-22-11-18-19(23-21)9-17(10-20(18)25)16-6-4-3-5-7-16/h3-7,11,14-15,17H,8-10,12-13H2,1-2H3/t14-,15-,17+/m1/s1. The lowest BCUT2D eigenvalue weighted by Crippen LogP contribution is -2.40. The summed E-state index contributed by atoms with van der Waals surface area (Å²) in [7, 11) is 0. The minimum Gasteiger partial charge on any atom is -0.340 e. The second-order valence-corrected chi connectivity index (χ2v) is 7.82. The molecule has 1 fully saturated rings. The Balaban J connectivity index is 1.62. The average Bonchev–Trinajstić information content (AvgIpc) is 2.61. The van der Waals surface area contributed by atoms with Gasteiger partial charge in [0.05, 0.1) is 11.3 Å². The Kier molecular flexibility index (Phi) is 4.28. The van der Waals surface area contributed by atoms with E-state index in [9.17, 15) is 4.79 Å². The van der Waals surface area contributed by atoms with Gasteiger partial charge in [-0.2, -0.15) is 0 Å². The van der Waals surface area contributed by atoms with Crippen molar-refractivity contribution in [3.63, 3.8) is 0 Å². The molecule has 1 aromatic carbocycles. The van der Waals surface area contributed by atoms with E-state index in [-0.39, 0.29) is 11.7 Å². The van der Waals surface area contributed by atoms with Gasteiger partial charge >= 0.3 is 0 Å². The van der Waals surface area contributed by atoms with Crippen molar-refractivity contribution in [3.8, 4) is 0 Å². The number of Topliss-reactive ketones (excluding diaryl/α,β-unsaturated/α-hetero) is 1. The molecule has 0 spiro atoms. The van der Waals surface area contributed by atoms with Crippen LogP contribution in [0.15, 0.2) is 36.5 Å². The summed E-state index contributed by atoms with van der Waals surface area (Å²) in [6.07, 6.45) is 4.39. The van der Waals surface area contributed by atoms with Crippen molar-refractivity contribution >= 4 is 11.7 Å². The molecular weight excluding hydrogens is 310 g/mol. The number of carbonyl (C=O) groups is 1. The van der Waals surface area contributed by atoms with E-state index in [1.807, 2.05) is 18.2 Å². The van der Waals surface area contributed by atoms with Crippen molar-refractivity contribution in [2.24, 2.45) is 11.8 Å². The molecule has 0 unspecified atom stereocenters. The summed E-state index contributed by atoms with van der Waals surface area (Å²) in [4.78, 5) is 24.2. The highest BCUT2D eigenvalue weighted by molar-refractivity contribution is 5.98. The van der Waals surface area contributed by atoms with Crippen LogP contribution in [0.1, 0.15) is 54.2 Å². The van der Waals surface area contributed by atoms with Crippen LogP contribution in [-0.2, 0) is 6.42 Å². The van der Waals surface area contributed by atoms with Crippen LogP contribution < -0.4 is 4.90 Å². The SMILES string of the molecule is C[C@@H]1C[C@@H](C)CN(c2ncc3c(n2)C[C@H](c2ccccc2)CC3=O)C1. The lowest BCUT2D eigenvalue weighted by molar-refractivity contribution is 0.0962. The molecule has 25 heavy (non-hydrogen) atoms. The van der Waals surface area contributed by atoms with Gasteiger partial charge in [0.25, 0.3) is 0 Å². The number of ketones is 1. The summed E-state index contributed by atoms with van der Waals surface area (Å²) in [5.41, 5.74) is 2.86. The second kappa shape index (κ2) is 6.58. The zero-order valence-corrected chi connectivity index (χ0v) is 15.0. The van der Waals surface area contributed by atoms with Crippen LogP contribution >= 0.6 is 0 Å². The Morgan fingerprint density at radius 2 is 1.76 bits per heavy atom. The number of rotatable bonds is 2. The molecule has 2 heterocycles. The quantitative estimate of drug-likeness (QED) is 0.836. The van der Waals surface area contributed by atoms with Crippen molar-refractivity contribution in [3.05, 3.63) is 53.3 Å². The summed E-state index contributed by atoms with van der Waals surface area (Å²) < 4.78 is 0. The molecule has 3 atom stereocenters. The van der Waals surface area contributed by atoms with Gasteiger partial charge in [0, 0.05) is 25.7 Å². The minimum atomic E-state index is 0.169. The second-order valence-electron chi connectivity index (χ2n) is 7.82. The number of aromatic nitrogens is 2. The molecule has 0 saturated carbocycles. The number of hydrogen-bond donors (Lipinski definition) is 0. The minimum absolute atomic E-state index is 0.169. The molecule has 4 heteroatoms. The van der Waals surface area contributed by atoms with Gasteiger partial charge < -0.3 is 4.90 Å². The van der Waals surface area contributed by atoms with Crippen molar-refractivity contribution < 1.29 is 4.79 Å². The third-order valence-electron chi connectivity index (χ3n) is 5.45. The van der Waals surface area contributed by atoms with Crippen molar-refractivity contribution in [1.82, 2.24) is 9.97 Å². The van der Waals surface area contributed by atoms with Crippen LogP contribution in [0.4, 0.5) is 5.95 Å². The number of fused-ring (bicyclic) bond motifs is 1. The maximum Gasteiger partial charge on any atom is 0.225 e. The average molecular weight is 335 g/mol. The molecule has 1 aliphatic heterocycles. The monoisotopic (exact) mass is 335 g/mol. The summed E-state index contributed by atoms with van der Waals surface area (Å²) in [6, 6.07) is 10.3. The van der Waals surface area contributed by atoms with Crippen LogP contribution in [0.25, 0.3) is 0 Å². The summed E-state index contributed by atoms with van der Waals surface area (Å²) in [5.74, 6) is 2.49. The van der Waals surface area contributed by atoms with Crippen LogP contribution in [0.2, 0.25) is 0 Å². The zero-order valence-electron chi connectivity index (χ0n) is 15.0. The first-order valence-electron chi connectivity index (χ1n) is 9.29. The molecule has 4 nitrogen and oxygen atoms in total. The Hall–Kier alpha value is -2.23.